The number of rotatable bonds is 8. The summed E-state index contributed by atoms with van der Waals surface area (Å²) >= 11 is 1.53. The van der Waals surface area contributed by atoms with Gasteiger partial charge in [-0.3, -0.25) is 0 Å². The molecule has 0 bridgehead atoms. The molecular formula is C21H30N4O3S2. The van der Waals surface area contributed by atoms with Gasteiger partial charge in [-0.2, -0.15) is 9.41 Å². The Morgan fingerprint density at radius 1 is 1.10 bits per heavy atom. The molecular weight excluding hydrogens is 420 g/mol. The molecule has 1 fully saturated rings. The van der Waals surface area contributed by atoms with Gasteiger partial charge in [-0.25, -0.2) is 18.1 Å². The number of nitrogens with zero attached hydrogens (tertiary/aromatic N) is 4. The Kier molecular flexibility index (Phi) is 7.99. The Hall–Kier alpha value is -1.81. The van der Waals surface area contributed by atoms with Crippen LogP contribution in [-0.2, 0) is 14.8 Å². The summed E-state index contributed by atoms with van der Waals surface area (Å²) < 4.78 is 34.2. The Morgan fingerprint density at radius 2 is 1.73 bits per heavy atom. The zero-order valence-electron chi connectivity index (χ0n) is 17.9. The predicted octanol–water partition coefficient (Wildman–Crippen LogP) is 3.92. The van der Waals surface area contributed by atoms with Gasteiger partial charge in [0.05, 0.1) is 29.5 Å². The standard InChI is InChI=1S/C21H30N4O3S2/c1-4-6-19(7-5-2)23-25-17(3)16-29-21(25)22-18-8-10-20(11-9-18)30(26,27)24-12-14-28-15-13-24/h8-11,16H,4-7,12-15H2,1-3H3. The molecule has 0 N–H and O–H groups in total. The zero-order valence-corrected chi connectivity index (χ0v) is 19.5. The van der Waals surface area contributed by atoms with Gasteiger partial charge < -0.3 is 4.74 Å². The van der Waals surface area contributed by atoms with Gasteiger partial charge in [-0.15, -0.1) is 11.3 Å². The normalized spacial score (nSPS) is 16.0. The van der Waals surface area contributed by atoms with Crippen LogP contribution in [0, 0.1) is 6.92 Å². The second-order valence-corrected chi connectivity index (χ2v) is 10.0. The molecule has 1 saturated heterocycles. The molecule has 7 nitrogen and oxygen atoms in total. The smallest absolute Gasteiger partial charge is 0.243 e. The summed E-state index contributed by atoms with van der Waals surface area (Å²) in [6, 6.07) is 6.74. The van der Waals surface area contributed by atoms with E-state index in [0.29, 0.717) is 32.0 Å². The first-order valence-electron chi connectivity index (χ1n) is 10.4. The molecule has 0 saturated carbocycles. The van der Waals surface area contributed by atoms with Crippen LogP contribution in [0.2, 0.25) is 0 Å². The average Bonchev–Trinajstić information content (AvgIpc) is 3.09. The lowest BCUT2D eigenvalue weighted by Gasteiger charge is -2.26. The summed E-state index contributed by atoms with van der Waals surface area (Å²) in [5.41, 5.74) is 2.92. The molecule has 0 amide bonds. The summed E-state index contributed by atoms with van der Waals surface area (Å²) in [7, 11) is -3.50. The van der Waals surface area contributed by atoms with Crippen molar-refractivity contribution in [3.8, 4) is 0 Å². The lowest BCUT2D eigenvalue weighted by atomic mass is 10.1. The van der Waals surface area contributed by atoms with Crippen LogP contribution in [0.15, 0.2) is 44.6 Å². The van der Waals surface area contributed by atoms with Crippen molar-refractivity contribution >= 4 is 32.8 Å². The molecule has 0 radical (unpaired) electrons. The summed E-state index contributed by atoms with van der Waals surface area (Å²) in [4.78, 5) is 5.78. The van der Waals surface area contributed by atoms with E-state index >= 15 is 0 Å². The number of hydrogen-bond donors (Lipinski definition) is 0. The Labute approximate surface area is 182 Å². The van der Waals surface area contributed by atoms with Crippen molar-refractivity contribution in [1.82, 2.24) is 8.98 Å². The third-order valence-electron chi connectivity index (χ3n) is 4.84. The highest BCUT2D eigenvalue weighted by atomic mass is 32.2. The molecule has 0 spiro atoms. The van der Waals surface area contributed by atoms with Crippen LogP contribution in [0.25, 0.3) is 0 Å². The zero-order chi connectivity index (χ0) is 21.6. The lowest BCUT2D eigenvalue weighted by Crippen LogP contribution is -2.40. The van der Waals surface area contributed by atoms with Gasteiger partial charge in [0.2, 0.25) is 14.8 Å². The topological polar surface area (TPSA) is 76.3 Å². The number of thiazole rings is 1. The molecule has 1 aromatic carbocycles. The van der Waals surface area contributed by atoms with Crippen molar-refractivity contribution in [2.45, 2.75) is 51.3 Å². The van der Waals surface area contributed by atoms with Gasteiger partial charge in [0.15, 0.2) is 0 Å². The minimum absolute atomic E-state index is 0.282. The predicted molar refractivity (Wildman–Crippen MR) is 121 cm³/mol. The van der Waals surface area contributed by atoms with Gasteiger partial charge in [0.1, 0.15) is 0 Å². The van der Waals surface area contributed by atoms with Crippen LogP contribution in [0.5, 0.6) is 0 Å². The molecule has 1 aliphatic heterocycles. The van der Waals surface area contributed by atoms with E-state index in [1.807, 2.05) is 17.0 Å². The first-order valence-corrected chi connectivity index (χ1v) is 12.7. The second kappa shape index (κ2) is 10.5. The van der Waals surface area contributed by atoms with E-state index < -0.39 is 10.0 Å². The molecule has 9 heteroatoms. The SMILES string of the molecule is CCCC(CCC)=Nn1c(C)csc1=Nc1ccc(S(=O)(=O)N2CCOCC2)cc1. The van der Waals surface area contributed by atoms with Crippen LogP contribution in [0.1, 0.15) is 45.2 Å². The third kappa shape index (κ3) is 5.46. The first-order chi connectivity index (χ1) is 14.5. The van der Waals surface area contributed by atoms with Crippen molar-refractivity contribution in [1.29, 1.82) is 0 Å². The maximum Gasteiger partial charge on any atom is 0.243 e. The number of aryl methyl sites for hydroxylation is 1. The van der Waals surface area contributed by atoms with E-state index in [1.165, 1.54) is 21.4 Å². The number of aromatic nitrogens is 1. The van der Waals surface area contributed by atoms with E-state index in [2.05, 4.69) is 13.8 Å². The molecule has 1 aromatic heterocycles. The van der Waals surface area contributed by atoms with E-state index in [9.17, 15) is 8.42 Å². The third-order valence-corrected chi connectivity index (χ3v) is 7.68. The lowest BCUT2D eigenvalue weighted by molar-refractivity contribution is 0.0730. The highest BCUT2D eigenvalue weighted by Gasteiger charge is 2.26. The Balaban J connectivity index is 1.89. The fraction of sp³-hybridized carbons (Fsp3) is 0.524. The Morgan fingerprint density at radius 3 is 2.33 bits per heavy atom. The number of benzene rings is 1. The average molecular weight is 451 g/mol. The van der Waals surface area contributed by atoms with Gasteiger partial charge in [0.25, 0.3) is 0 Å². The summed E-state index contributed by atoms with van der Waals surface area (Å²) in [5, 5.41) is 6.88. The first kappa shape index (κ1) is 22.9. The maximum atomic E-state index is 12.8. The van der Waals surface area contributed by atoms with Crippen molar-refractivity contribution in [3.63, 3.8) is 0 Å². The van der Waals surface area contributed by atoms with Gasteiger partial charge in [-0.1, -0.05) is 26.7 Å². The highest BCUT2D eigenvalue weighted by molar-refractivity contribution is 7.89. The molecule has 2 aromatic rings. The van der Waals surface area contributed by atoms with Crippen LogP contribution >= 0.6 is 11.3 Å². The molecule has 0 unspecified atom stereocenters. The summed E-state index contributed by atoms with van der Waals surface area (Å²) in [6.07, 6.45) is 4.08. The van der Waals surface area contributed by atoms with E-state index in [4.69, 9.17) is 14.8 Å². The fourth-order valence-electron chi connectivity index (χ4n) is 3.27. The molecule has 0 atom stereocenters. The molecule has 1 aliphatic rings. The monoisotopic (exact) mass is 450 g/mol. The molecule has 164 valence electrons. The van der Waals surface area contributed by atoms with Crippen LogP contribution < -0.4 is 4.80 Å². The summed E-state index contributed by atoms with van der Waals surface area (Å²) in [6.45, 7) is 7.98. The minimum atomic E-state index is -3.50. The number of hydrogen-bond acceptors (Lipinski definition) is 6. The largest absolute Gasteiger partial charge is 0.379 e. The maximum absolute atomic E-state index is 12.8. The second-order valence-electron chi connectivity index (χ2n) is 7.26. The van der Waals surface area contributed by atoms with Gasteiger partial charge >= 0.3 is 0 Å². The number of sulfonamides is 1. The van der Waals surface area contributed by atoms with Gasteiger partial charge in [0, 0.05) is 24.2 Å². The Bertz CT molecular complexity index is 1020. The highest BCUT2D eigenvalue weighted by Crippen LogP contribution is 2.20. The van der Waals surface area contributed by atoms with E-state index in [1.54, 1.807) is 24.3 Å². The molecule has 2 heterocycles. The number of ether oxygens (including phenoxy) is 1. The fourth-order valence-corrected chi connectivity index (χ4v) is 5.49. The van der Waals surface area contributed by atoms with Crippen LogP contribution in [-0.4, -0.2) is 49.4 Å². The summed E-state index contributed by atoms with van der Waals surface area (Å²) in [5.74, 6) is 0. The molecule has 30 heavy (non-hydrogen) atoms. The van der Waals surface area contributed by atoms with Gasteiger partial charge in [-0.05, 0) is 44.0 Å². The van der Waals surface area contributed by atoms with Crippen LogP contribution in [0.3, 0.4) is 0 Å². The van der Waals surface area contributed by atoms with Crippen molar-refractivity contribution in [2.24, 2.45) is 10.1 Å². The quantitative estimate of drug-likeness (QED) is 0.572. The van der Waals surface area contributed by atoms with Crippen LogP contribution in [0.4, 0.5) is 5.69 Å². The van der Waals surface area contributed by atoms with Crippen molar-refractivity contribution < 1.29 is 13.2 Å². The molecule has 0 aliphatic carbocycles. The van der Waals surface area contributed by atoms with E-state index in [-0.39, 0.29) is 4.90 Å². The minimum Gasteiger partial charge on any atom is -0.379 e. The number of morpholine rings is 1. The van der Waals surface area contributed by atoms with Crippen molar-refractivity contribution in [2.75, 3.05) is 26.3 Å². The van der Waals surface area contributed by atoms with Crippen molar-refractivity contribution in [3.05, 3.63) is 40.1 Å². The van der Waals surface area contributed by atoms with E-state index in [0.717, 1.165) is 36.2 Å². The molecule has 3 rings (SSSR count).